The van der Waals surface area contributed by atoms with Gasteiger partial charge in [-0.3, -0.25) is 0 Å². The van der Waals surface area contributed by atoms with Crippen LogP contribution in [0.25, 0.3) is 0 Å². The van der Waals surface area contributed by atoms with Gasteiger partial charge in [0.1, 0.15) is 19.0 Å². The zero-order valence-electron chi connectivity index (χ0n) is 9.67. The van der Waals surface area contributed by atoms with Crippen LogP contribution in [0, 0.1) is 5.82 Å². The van der Waals surface area contributed by atoms with Crippen molar-refractivity contribution >= 4 is 11.7 Å². The van der Waals surface area contributed by atoms with Gasteiger partial charge in [0.15, 0.2) is 0 Å². The minimum atomic E-state index is -4.43. The summed E-state index contributed by atoms with van der Waals surface area (Å²) in [7, 11) is 0. The summed E-state index contributed by atoms with van der Waals surface area (Å²) in [5.74, 6) is -1.60. The van der Waals surface area contributed by atoms with Crippen LogP contribution in [0.4, 0.5) is 23.2 Å². The summed E-state index contributed by atoms with van der Waals surface area (Å²) in [6.07, 6.45) is -4.43. The largest absolute Gasteiger partial charge is 0.460 e. The number of carbonyl (C=O) groups is 1. The molecule has 0 fully saturated rings. The Morgan fingerprint density at radius 3 is 2.58 bits per heavy atom. The van der Waals surface area contributed by atoms with Gasteiger partial charge in [0, 0.05) is 5.69 Å². The molecule has 0 aliphatic heterocycles. The van der Waals surface area contributed by atoms with Crippen molar-refractivity contribution in [2.45, 2.75) is 6.18 Å². The number of alkyl halides is 3. The Bertz CT molecular complexity index is 448. The molecule has 106 valence electrons. The van der Waals surface area contributed by atoms with Gasteiger partial charge in [-0.1, -0.05) is 0 Å². The second-order valence-corrected chi connectivity index (χ2v) is 3.54. The van der Waals surface area contributed by atoms with Crippen LogP contribution in [-0.4, -0.2) is 32.0 Å². The van der Waals surface area contributed by atoms with Crippen molar-refractivity contribution in [2.24, 2.45) is 0 Å². The van der Waals surface area contributed by atoms with Crippen LogP contribution >= 0.6 is 0 Å². The Hall–Kier alpha value is -1.83. The van der Waals surface area contributed by atoms with Crippen molar-refractivity contribution in [3.63, 3.8) is 0 Å². The first-order chi connectivity index (χ1) is 8.79. The number of nitrogens with two attached hydrogens (primary N) is 1. The standard InChI is InChI=1S/C11H11F4NO3/c12-7-1-2-9(16)8(5-7)10(17)19-4-3-18-6-11(13,14)15/h1-2,5H,3-4,6,16H2. The number of nitrogen functional groups attached to an aromatic ring is 1. The Morgan fingerprint density at radius 1 is 1.26 bits per heavy atom. The van der Waals surface area contributed by atoms with Gasteiger partial charge in [-0.25, -0.2) is 9.18 Å². The summed E-state index contributed by atoms with van der Waals surface area (Å²) < 4.78 is 56.8. The van der Waals surface area contributed by atoms with E-state index in [1.165, 1.54) is 6.07 Å². The minimum Gasteiger partial charge on any atom is -0.460 e. The molecule has 0 amide bonds. The Kier molecular flexibility index (Phi) is 5.11. The average Bonchev–Trinajstić information content (AvgIpc) is 2.30. The Morgan fingerprint density at radius 2 is 1.95 bits per heavy atom. The molecule has 0 atom stereocenters. The maximum Gasteiger partial charge on any atom is 0.411 e. The van der Waals surface area contributed by atoms with Crippen molar-refractivity contribution in [3.8, 4) is 0 Å². The first kappa shape index (κ1) is 15.2. The summed E-state index contributed by atoms with van der Waals surface area (Å²) in [6.45, 7) is -2.22. The summed E-state index contributed by atoms with van der Waals surface area (Å²) in [4.78, 5) is 11.4. The highest BCUT2D eigenvalue weighted by molar-refractivity contribution is 5.95. The predicted octanol–water partition coefficient (Wildman–Crippen LogP) is 2.14. The number of hydrogen-bond donors (Lipinski definition) is 1. The van der Waals surface area contributed by atoms with E-state index in [2.05, 4.69) is 9.47 Å². The monoisotopic (exact) mass is 281 g/mol. The Labute approximate surface area is 106 Å². The summed E-state index contributed by atoms with van der Waals surface area (Å²) in [5.41, 5.74) is 5.26. The van der Waals surface area contributed by atoms with E-state index in [4.69, 9.17) is 5.73 Å². The molecule has 0 bridgehead atoms. The molecule has 0 unspecified atom stereocenters. The van der Waals surface area contributed by atoms with E-state index in [1.54, 1.807) is 0 Å². The van der Waals surface area contributed by atoms with Crippen LogP contribution in [0.1, 0.15) is 10.4 Å². The minimum absolute atomic E-state index is 0.0163. The third-order valence-electron chi connectivity index (χ3n) is 1.96. The first-order valence-corrected chi connectivity index (χ1v) is 5.16. The zero-order valence-corrected chi connectivity index (χ0v) is 9.67. The molecular weight excluding hydrogens is 270 g/mol. The lowest BCUT2D eigenvalue weighted by molar-refractivity contribution is -0.175. The molecular formula is C11H11F4NO3. The number of esters is 1. The average molecular weight is 281 g/mol. The molecule has 0 heterocycles. The molecule has 0 aliphatic carbocycles. The third kappa shape index (κ3) is 5.56. The van der Waals surface area contributed by atoms with Crippen LogP contribution in [0.5, 0.6) is 0 Å². The van der Waals surface area contributed by atoms with Crippen LogP contribution in [0.2, 0.25) is 0 Å². The molecule has 0 radical (unpaired) electrons. The van der Waals surface area contributed by atoms with Crippen LogP contribution in [0.3, 0.4) is 0 Å². The molecule has 19 heavy (non-hydrogen) atoms. The van der Waals surface area contributed by atoms with E-state index >= 15 is 0 Å². The van der Waals surface area contributed by atoms with Crippen molar-refractivity contribution in [1.82, 2.24) is 0 Å². The predicted molar refractivity (Wildman–Crippen MR) is 58.0 cm³/mol. The fourth-order valence-electron chi connectivity index (χ4n) is 1.16. The quantitative estimate of drug-likeness (QED) is 0.389. The fraction of sp³-hybridized carbons (Fsp3) is 0.364. The molecule has 4 nitrogen and oxygen atoms in total. The highest BCUT2D eigenvalue weighted by Gasteiger charge is 2.27. The molecule has 1 aromatic carbocycles. The lowest BCUT2D eigenvalue weighted by Crippen LogP contribution is -2.20. The van der Waals surface area contributed by atoms with Gasteiger partial charge in [0.2, 0.25) is 0 Å². The van der Waals surface area contributed by atoms with E-state index in [1.807, 2.05) is 0 Å². The molecule has 0 spiro atoms. The van der Waals surface area contributed by atoms with Crippen LogP contribution < -0.4 is 5.73 Å². The van der Waals surface area contributed by atoms with Gasteiger partial charge in [-0.15, -0.1) is 0 Å². The second-order valence-electron chi connectivity index (χ2n) is 3.54. The zero-order chi connectivity index (χ0) is 14.5. The van der Waals surface area contributed by atoms with Crippen molar-refractivity contribution < 1.29 is 31.8 Å². The molecule has 0 aliphatic rings. The number of rotatable bonds is 5. The molecule has 0 saturated heterocycles. The molecule has 0 aromatic heterocycles. The molecule has 8 heteroatoms. The van der Waals surface area contributed by atoms with Crippen molar-refractivity contribution in [2.75, 3.05) is 25.6 Å². The smallest absolute Gasteiger partial charge is 0.411 e. The lowest BCUT2D eigenvalue weighted by atomic mass is 10.2. The molecule has 1 rings (SSSR count). The number of carbonyl (C=O) groups excluding carboxylic acids is 1. The Balaban J connectivity index is 2.38. The SMILES string of the molecule is Nc1ccc(F)cc1C(=O)OCCOCC(F)(F)F. The lowest BCUT2D eigenvalue weighted by Gasteiger charge is -2.09. The van der Waals surface area contributed by atoms with E-state index < -0.39 is 31.2 Å². The molecule has 0 saturated carbocycles. The number of anilines is 1. The highest BCUT2D eigenvalue weighted by Crippen LogP contribution is 2.15. The first-order valence-electron chi connectivity index (χ1n) is 5.16. The van der Waals surface area contributed by atoms with E-state index in [-0.39, 0.29) is 17.9 Å². The summed E-state index contributed by atoms with van der Waals surface area (Å²) in [5, 5.41) is 0. The van der Waals surface area contributed by atoms with Crippen LogP contribution in [0.15, 0.2) is 18.2 Å². The number of halogens is 4. The number of benzene rings is 1. The maximum absolute atomic E-state index is 12.9. The maximum atomic E-state index is 12.9. The molecule has 2 N–H and O–H groups in total. The highest BCUT2D eigenvalue weighted by atomic mass is 19.4. The van der Waals surface area contributed by atoms with Crippen molar-refractivity contribution in [1.29, 1.82) is 0 Å². The van der Waals surface area contributed by atoms with E-state index in [0.29, 0.717) is 0 Å². The van der Waals surface area contributed by atoms with E-state index in [9.17, 15) is 22.4 Å². The molecule has 1 aromatic rings. The number of hydrogen-bond acceptors (Lipinski definition) is 4. The summed E-state index contributed by atoms with van der Waals surface area (Å²) >= 11 is 0. The van der Waals surface area contributed by atoms with Gasteiger partial charge in [0.25, 0.3) is 0 Å². The van der Waals surface area contributed by atoms with Crippen LogP contribution in [-0.2, 0) is 9.47 Å². The summed E-state index contributed by atoms with van der Waals surface area (Å²) in [6, 6.07) is 3.14. The van der Waals surface area contributed by atoms with Gasteiger partial charge < -0.3 is 15.2 Å². The third-order valence-corrected chi connectivity index (χ3v) is 1.96. The van der Waals surface area contributed by atoms with Crippen molar-refractivity contribution in [3.05, 3.63) is 29.6 Å². The van der Waals surface area contributed by atoms with Gasteiger partial charge in [-0.2, -0.15) is 13.2 Å². The normalized spacial score (nSPS) is 11.4. The van der Waals surface area contributed by atoms with Gasteiger partial charge in [-0.05, 0) is 18.2 Å². The second kappa shape index (κ2) is 6.37. The van der Waals surface area contributed by atoms with Gasteiger partial charge in [0.05, 0.1) is 12.2 Å². The number of ether oxygens (including phenoxy) is 2. The van der Waals surface area contributed by atoms with E-state index in [0.717, 1.165) is 12.1 Å². The van der Waals surface area contributed by atoms with Gasteiger partial charge >= 0.3 is 12.1 Å². The fourth-order valence-corrected chi connectivity index (χ4v) is 1.16. The topological polar surface area (TPSA) is 61.6 Å².